The summed E-state index contributed by atoms with van der Waals surface area (Å²) in [6, 6.07) is 6.43. The van der Waals surface area contributed by atoms with Gasteiger partial charge in [0.1, 0.15) is 0 Å². The Morgan fingerprint density at radius 2 is 2.40 bits per heavy atom. The fourth-order valence-electron chi connectivity index (χ4n) is 2.40. The highest BCUT2D eigenvalue weighted by Gasteiger charge is 2.16. The summed E-state index contributed by atoms with van der Waals surface area (Å²) in [5.41, 5.74) is 2.61. The monoisotopic (exact) mass is 201 g/mol. The average Bonchev–Trinajstić information content (AvgIpc) is 2.87. The van der Waals surface area contributed by atoms with E-state index in [4.69, 9.17) is 0 Å². The number of hydrogen-bond acceptors (Lipinski definition) is 2. The van der Waals surface area contributed by atoms with Crippen LogP contribution in [-0.2, 0) is 6.42 Å². The van der Waals surface area contributed by atoms with Gasteiger partial charge < -0.3 is 5.32 Å². The highest BCUT2D eigenvalue weighted by Crippen LogP contribution is 2.21. The molecule has 1 unspecified atom stereocenters. The second-order valence-corrected chi connectivity index (χ2v) is 4.31. The van der Waals surface area contributed by atoms with Gasteiger partial charge in [0.15, 0.2) is 0 Å². The van der Waals surface area contributed by atoms with Crippen molar-refractivity contribution in [2.45, 2.75) is 12.8 Å². The van der Waals surface area contributed by atoms with E-state index in [1.165, 1.54) is 29.4 Å². The maximum absolute atomic E-state index is 4.10. The van der Waals surface area contributed by atoms with Crippen LogP contribution in [-0.4, -0.2) is 23.3 Å². The average molecular weight is 201 g/mol. The van der Waals surface area contributed by atoms with Gasteiger partial charge in [0.25, 0.3) is 0 Å². The predicted octanol–water partition coefficient (Wildman–Crippen LogP) is 1.71. The summed E-state index contributed by atoms with van der Waals surface area (Å²) in [6.45, 7) is 2.33. The number of fused-ring (bicyclic) bond motifs is 1. The quantitative estimate of drug-likeness (QED) is 0.776. The van der Waals surface area contributed by atoms with E-state index in [0.717, 1.165) is 18.9 Å². The van der Waals surface area contributed by atoms with Crippen molar-refractivity contribution in [3.8, 4) is 0 Å². The minimum absolute atomic E-state index is 0.791. The van der Waals surface area contributed by atoms with Crippen LogP contribution in [0.2, 0.25) is 0 Å². The Balaban J connectivity index is 1.92. The van der Waals surface area contributed by atoms with E-state index in [-0.39, 0.29) is 0 Å². The molecule has 1 aromatic heterocycles. The fourth-order valence-corrected chi connectivity index (χ4v) is 2.40. The molecule has 0 spiro atoms. The van der Waals surface area contributed by atoms with Crippen molar-refractivity contribution in [3.05, 3.63) is 30.0 Å². The lowest BCUT2D eigenvalue weighted by Crippen LogP contribution is -2.10. The molecular weight excluding hydrogens is 186 g/mol. The number of nitrogens with zero attached hydrogens (tertiary/aromatic N) is 1. The zero-order chi connectivity index (χ0) is 10.1. The van der Waals surface area contributed by atoms with E-state index in [1.807, 2.05) is 6.20 Å². The molecule has 3 rings (SSSR count). The first-order valence-corrected chi connectivity index (χ1v) is 5.55. The van der Waals surface area contributed by atoms with Gasteiger partial charge in [0.05, 0.1) is 11.7 Å². The molecule has 1 aliphatic rings. The first-order valence-electron chi connectivity index (χ1n) is 5.55. The Morgan fingerprint density at radius 3 is 3.27 bits per heavy atom. The number of rotatable bonds is 2. The van der Waals surface area contributed by atoms with Gasteiger partial charge in [-0.1, -0.05) is 18.2 Å². The van der Waals surface area contributed by atoms with Crippen molar-refractivity contribution in [2.24, 2.45) is 5.92 Å². The van der Waals surface area contributed by atoms with E-state index in [2.05, 4.69) is 33.7 Å². The van der Waals surface area contributed by atoms with Gasteiger partial charge in [0, 0.05) is 5.39 Å². The molecule has 0 amide bonds. The van der Waals surface area contributed by atoms with Crippen molar-refractivity contribution in [3.63, 3.8) is 0 Å². The third kappa shape index (κ3) is 1.63. The van der Waals surface area contributed by atoms with Gasteiger partial charge >= 0.3 is 0 Å². The molecule has 1 aromatic carbocycles. The Morgan fingerprint density at radius 1 is 1.40 bits per heavy atom. The second kappa shape index (κ2) is 3.66. The molecule has 0 bridgehead atoms. The molecule has 2 N–H and O–H groups in total. The van der Waals surface area contributed by atoms with Crippen LogP contribution in [0.3, 0.4) is 0 Å². The number of aromatic nitrogens is 2. The number of nitrogens with one attached hydrogen (secondary N) is 2. The lowest BCUT2D eigenvalue weighted by molar-refractivity contribution is 0.582. The van der Waals surface area contributed by atoms with Crippen LogP contribution in [0.15, 0.2) is 24.4 Å². The summed E-state index contributed by atoms with van der Waals surface area (Å²) in [7, 11) is 0. The molecule has 0 radical (unpaired) electrons. The molecule has 1 atom stereocenters. The summed E-state index contributed by atoms with van der Waals surface area (Å²) in [6.07, 6.45) is 4.35. The molecular formula is C12H15N3. The lowest BCUT2D eigenvalue weighted by Gasteiger charge is -2.08. The number of aromatic amines is 1. The standard InChI is InChI=1S/C12H15N3/c1-2-10(6-9-4-5-13-7-9)12-11(3-1)8-14-15-12/h1-3,8-9,13H,4-7H2,(H,14,15). The molecule has 3 nitrogen and oxygen atoms in total. The molecule has 0 saturated carbocycles. The van der Waals surface area contributed by atoms with Crippen molar-refractivity contribution in [1.82, 2.24) is 15.5 Å². The van der Waals surface area contributed by atoms with E-state index < -0.39 is 0 Å². The Bertz CT molecular complexity index is 455. The first kappa shape index (κ1) is 8.92. The molecule has 78 valence electrons. The number of benzene rings is 1. The minimum atomic E-state index is 0.791. The van der Waals surface area contributed by atoms with Gasteiger partial charge in [0.2, 0.25) is 0 Å². The summed E-state index contributed by atoms with van der Waals surface area (Å²) in [5, 5.41) is 11.8. The molecule has 2 heterocycles. The molecule has 2 aromatic rings. The summed E-state index contributed by atoms with van der Waals surface area (Å²) >= 11 is 0. The van der Waals surface area contributed by atoms with Gasteiger partial charge in [-0.15, -0.1) is 0 Å². The Hall–Kier alpha value is -1.35. The third-order valence-electron chi connectivity index (χ3n) is 3.23. The number of para-hydroxylation sites is 1. The summed E-state index contributed by atoms with van der Waals surface area (Å²) in [5.74, 6) is 0.791. The van der Waals surface area contributed by atoms with Gasteiger partial charge in [-0.2, -0.15) is 5.10 Å². The molecule has 3 heteroatoms. The molecule has 15 heavy (non-hydrogen) atoms. The molecule has 1 aliphatic heterocycles. The van der Waals surface area contributed by atoms with Crippen LogP contribution in [0.4, 0.5) is 0 Å². The summed E-state index contributed by atoms with van der Waals surface area (Å²) in [4.78, 5) is 0. The fraction of sp³-hybridized carbons (Fsp3) is 0.417. The number of hydrogen-bond donors (Lipinski definition) is 2. The van der Waals surface area contributed by atoms with Crippen molar-refractivity contribution in [2.75, 3.05) is 13.1 Å². The van der Waals surface area contributed by atoms with Gasteiger partial charge in [-0.3, -0.25) is 5.10 Å². The molecule has 0 aliphatic carbocycles. The normalized spacial score (nSPS) is 21.2. The second-order valence-electron chi connectivity index (χ2n) is 4.31. The smallest absolute Gasteiger partial charge is 0.0682 e. The summed E-state index contributed by atoms with van der Waals surface area (Å²) < 4.78 is 0. The van der Waals surface area contributed by atoms with E-state index >= 15 is 0 Å². The zero-order valence-electron chi connectivity index (χ0n) is 8.66. The number of H-pyrrole nitrogens is 1. The SMILES string of the molecule is c1cc(CC2CCNC2)c2[nH]ncc2c1. The largest absolute Gasteiger partial charge is 0.316 e. The van der Waals surface area contributed by atoms with Crippen LogP contribution in [0.5, 0.6) is 0 Å². The van der Waals surface area contributed by atoms with Crippen LogP contribution in [0.1, 0.15) is 12.0 Å². The van der Waals surface area contributed by atoms with Crippen molar-refractivity contribution >= 4 is 10.9 Å². The van der Waals surface area contributed by atoms with Crippen LogP contribution >= 0.6 is 0 Å². The van der Waals surface area contributed by atoms with E-state index in [0.29, 0.717) is 0 Å². The zero-order valence-corrected chi connectivity index (χ0v) is 8.66. The third-order valence-corrected chi connectivity index (χ3v) is 3.23. The lowest BCUT2D eigenvalue weighted by atomic mass is 9.97. The first-order chi connectivity index (χ1) is 7.43. The minimum Gasteiger partial charge on any atom is -0.316 e. The maximum atomic E-state index is 4.10. The van der Waals surface area contributed by atoms with Crippen LogP contribution in [0, 0.1) is 5.92 Å². The van der Waals surface area contributed by atoms with Crippen molar-refractivity contribution < 1.29 is 0 Å². The highest BCUT2D eigenvalue weighted by atomic mass is 15.1. The van der Waals surface area contributed by atoms with Crippen molar-refractivity contribution in [1.29, 1.82) is 0 Å². The Kier molecular flexibility index (Phi) is 2.18. The van der Waals surface area contributed by atoms with Gasteiger partial charge in [-0.25, -0.2) is 0 Å². The van der Waals surface area contributed by atoms with E-state index in [1.54, 1.807) is 0 Å². The van der Waals surface area contributed by atoms with Crippen LogP contribution in [0.25, 0.3) is 10.9 Å². The Labute approximate surface area is 88.9 Å². The van der Waals surface area contributed by atoms with E-state index in [9.17, 15) is 0 Å². The highest BCUT2D eigenvalue weighted by molar-refractivity contribution is 5.81. The predicted molar refractivity (Wildman–Crippen MR) is 60.8 cm³/mol. The topological polar surface area (TPSA) is 40.7 Å². The van der Waals surface area contributed by atoms with Gasteiger partial charge in [-0.05, 0) is 37.4 Å². The molecule has 1 saturated heterocycles. The molecule has 1 fully saturated rings. The van der Waals surface area contributed by atoms with Crippen LogP contribution < -0.4 is 5.32 Å². The maximum Gasteiger partial charge on any atom is 0.0682 e.